The number of nitrogens with zero attached hydrogens (tertiary/aromatic N) is 2. The van der Waals surface area contributed by atoms with Crippen LogP contribution in [0.15, 0.2) is 53.6 Å². The minimum Gasteiger partial charge on any atom is -0.451 e. The predicted molar refractivity (Wildman–Crippen MR) is 96.5 cm³/mol. The molecule has 28 heavy (non-hydrogen) atoms. The molecule has 3 rings (SSSR count). The molecule has 3 aromatic rings. The molecular weight excluding hydrogens is 372 g/mol. The van der Waals surface area contributed by atoms with Crippen LogP contribution in [0.2, 0.25) is 0 Å². The molecule has 1 heterocycles. The van der Waals surface area contributed by atoms with Crippen molar-refractivity contribution in [3.8, 4) is 0 Å². The Bertz CT molecular complexity index is 1110. The summed E-state index contributed by atoms with van der Waals surface area (Å²) in [6.07, 6.45) is 0.00235. The number of ether oxygens (including phenoxy) is 1. The molecule has 144 valence electrons. The van der Waals surface area contributed by atoms with Crippen molar-refractivity contribution in [3.63, 3.8) is 0 Å². The van der Waals surface area contributed by atoms with Crippen LogP contribution in [0.1, 0.15) is 6.92 Å². The van der Waals surface area contributed by atoms with Gasteiger partial charge < -0.3 is 10.1 Å². The molecule has 2 aromatic carbocycles. The number of carbonyl (C=O) groups is 2. The van der Waals surface area contributed by atoms with Gasteiger partial charge in [-0.3, -0.25) is 19.0 Å². The van der Waals surface area contributed by atoms with Gasteiger partial charge in [0.15, 0.2) is 17.7 Å². The topological polar surface area (TPSA) is 90.3 Å². The third-order valence-corrected chi connectivity index (χ3v) is 3.90. The third-order valence-electron chi connectivity index (χ3n) is 3.90. The first-order valence-corrected chi connectivity index (χ1v) is 8.24. The van der Waals surface area contributed by atoms with E-state index >= 15 is 0 Å². The Labute approximate surface area is 157 Å². The van der Waals surface area contributed by atoms with Crippen LogP contribution in [0.3, 0.4) is 0 Å². The zero-order valence-corrected chi connectivity index (χ0v) is 14.7. The Kier molecular flexibility index (Phi) is 5.44. The largest absolute Gasteiger partial charge is 0.451 e. The van der Waals surface area contributed by atoms with E-state index in [0.29, 0.717) is 10.9 Å². The van der Waals surface area contributed by atoms with Gasteiger partial charge in [0.2, 0.25) is 0 Å². The van der Waals surface area contributed by atoms with Gasteiger partial charge in [-0.15, -0.1) is 0 Å². The van der Waals surface area contributed by atoms with Gasteiger partial charge in [0, 0.05) is 11.8 Å². The van der Waals surface area contributed by atoms with Crippen LogP contribution in [0.5, 0.6) is 0 Å². The Hall–Kier alpha value is -3.62. The van der Waals surface area contributed by atoms with Gasteiger partial charge >= 0.3 is 5.97 Å². The highest BCUT2D eigenvalue weighted by Gasteiger charge is 2.19. The molecule has 0 bridgehead atoms. The number of nitrogens with one attached hydrogen (secondary N) is 1. The number of aromatic nitrogens is 2. The average Bonchev–Trinajstić information content (AvgIpc) is 2.67. The maximum absolute atomic E-state index is 13.2. The van der Waals surface area contributed by atoms with Gasteiger partial charge in [0.05, 0.1) is 17.2 Å². The molecule has 0 aliphatic carbocycles. The Morgan fingerprint density at radius 3 is 2.68 bits per heavy atom. The Balaban J connectivity index is 1.64. The number of para-hydroxylation sites is 1. The van der Waals surface area contributed by atoms with E-state index in [1.54, 1.807) is 24.3 Å². The van der Waals surface area contributed by atoms with Crippen molar-refractivity contribution >= 4 is 28.5 Å². The number of carbonyl (C=O) groups excluding carboxylic acids is 2. The minimum absolute atomic E-state index is 0.0155. The molecule has 0 fully saturated rings. The van der Waals surface area contributed by atoms with Crippen molar-refractivity contribution in [1.82, 2.24) is 9.55 Å². The van der Waals surface area contributed by atoms with Gasteiger partial charge in [0.1, 0.15) is 6.54 Å². The normalized spacial score (nSPS) is 11.8. The van der Waals surface area contributed by atoms with E-state index < -0.39 is 41.7 Å². The SMILES string of the molecule is C[C@H](OC(=O)Cn1cnc2ccccc2c1=O)C(=O)Nc1ccc(F)c(F)c1. The van der Waals surface area contributed by atoms with Crippen molar-refractivity contribution in [2.45, 2.75) is 19.6 Å². The van der Waals surface area contributed by atoms with E-state index in [1.165, 1.54) is 19.3 Å². The predicted octanol–water partition coefficient (Wildman–Crippen LogP) is 2.25. The van der Waals surface area contributed by atoms with Crippen LogP contribution in [0.25, 0.3) is 10.9 Å². The third kappa shape index (κ3) is 4.20. The number of esters is 1. The highest BCUT2D eigenvalue weighted by molar-refractivity contribution is 5.95. The Morgan fingerprint density at radius 2 is 1.93 bits per heavy atom. The number of benzene rings is 2. The summed E-state index contributed by atoms with van der Waals surface area (Å²) in [4.78, 5) is 40.6. The molecule has 0 radical (unpaired) electrons. The van der Waals surface area contributed by atoms with Crippen LogP contribution >= 0.6 is 0 Å². The van der Waals surface area contributed by atoms with Crippen molar-refractivity contribution < 1.29 is 23.1 Å². The molecule has 0 aliphatic heterocycles. The summed E-state index contributed by atoms with van der Waals surface area (Å²) in [6, 6.07) is 9.52. The highest BCUT2D eigenvalue weighted by Crippen LogP contribution is 2.13. The first kappa shape index (κ1) is 19.2. The molecular formula is C19H15F2N3O4. The van der Waals surface area contributed by atoms with Gasteiger partial charge in [-0.25, -0.2) is 13.8 Å². The fourth-order valence-corrected chi connectivity index (χ4v) is 2.46. The molecule has 7 nitrogen and oxygen atoms in total. The number of fused-ring (bicyclic) bond motifs is 1. The standard InChI is InChI=1S/C19H15F2N3O4/c1-11(18(26)23-12-6-7-14(20)15(21)8-12)28-17(25)9-24-10-22-16-5-3-2-4-13(16)19(24)27/h2-8,10-11H,9H2,1H3,(H,23,26)/t11-/m0/s1. The molecule has 1 aromatic heterocycles. The zero-order valence-electron chi connectivity index (χ0n) is 14.7. The maximum Gasteiger partial charge on any atom is 0.326 e. The zero-order chi connectivity index (χ0) is 20.3. The fraction of sp³-hybridized carbons (Fsp3) is 0.158. The smallest absolute Gasteiger partial charge is 0.326 e. The summed E-state index contributed by atoms with van der Waals surface area (Å²) in [5, 5.41) is 2.66. The summed E-state index contributed by atoms with van der Waals surface area (Å²) in [7, 11) is 0. The number of amides is 1. The van der Waals surface area contributed by atoms with Crippen LogP contribution < -0.4 is 10.9 Å². The number of hydrogen-bond donors (Lipinski definition) is 1. The fourth-order valence-electron chi connectivity index (χ4n) is 2.46. The Morgan fingerprint density at radius 1 is 1.18 bits per heavy atom. The van der Waals surface area contributed by atoms with Gasteiger partial charge in [-0.1, -0.05) is 12.1 Å². The van der Waals surface area contributed by atoms with Crippen LogP contribution in [0, 0.1) is 11.6 Å². The highest BCUT2D eigenvalue weighted by atomic mass is 19.2. The molecule has 1 amide bonds. The van der Waals surface area contributed by atoms with Gasteiger partial charge in [-0.2, -0.15) is 0 Å². The number of anilines is 1. The van der Waals surface area contributed by atoms with Crippen molar-refractivity contribution in [2.75, 3.05) is 5.32 Å². The second-order valence-corrected chi connectivity index (χ2v) is 5.94. The summed E-state index contributed by atoms with van der Waals surface area (Å²) in [5.74, 6) is -3.73. The van der Waals surface area contributed by atoms with Gasteiger partial charge in [0.25, 0.3) is 11.5 Å². The van der Waals surface area contributed by atoms with E-state index in [1.807, 2.05) is 0 Å². The summed E-state index contributed by atoms with van der Waals surface area (Å²) in [5.41, 5.74) is 0.0968. The van der Waals surface area contributed by atoms with E-state index in [4.69, 9.17) is 4.74 Å². The summed E-state index contributed by atoms with van der Waals surface area (Å²) >= 11 is 0. The van der Waals surface area contributed by atoms with E-state index in [9.17, 15) is 23.2 Å². The average molecular weight is 387 g/mol. The van der Waals surface area contributed by atoms with Crippen molar-refractivity contribution in [3.05, 3.63) is 70.8 Å². The number of rotatable bonds is 5. The van der Waals surface area contributed by atoms with E-state index in [0.717, 1.165) is 16.7 Å². The maximum atomic E-state index is 13.2. The van der Waals surface area contributed by atoms with E-state index in [-0.39, 0.29) is 5.69 Å². The lowest BCUT2D eigenvalue weighted by Crippen LogP contribution is -2.33. The molecule has 0 saturated heterocycles. The lowest BCUT2D eigenvalue weighted by Gasteiger charge is -2.14. The number of halogens is 2. The molecule has 1 N–H and O–H groups in total. The molecule has 1 atom stereocenters. The quantitative estimate of drug-likeness (QED) is 0.678. The first-order chi connectivity index (χ1) is 13.3. The molecule has 9 heteroatoms. The lowest BCUT2D eigenvalue weighted by atomic mass is 10.2. The summed E-state index contributed by atoms with van der Waals surface area (Å²) in [6.45, 7) is 0.883. The first-order valence-electron chi connectivity index (χ1n) is 8.24. The van der Waals surface area contributed by atoms with Crippen molar-refractivity contribution in [2.24, 2.45) is 0 Å². The monoisotopic (exact) mass is 387 g/mol. The summed E-state index contributed by atoms with van der Waals surface area (Å²) < 4.78 is 32.2. The van der Waals surface area contributed by atoms with Gasteiger partial charge in [-0.05, 0) is 31.2 Å². The van der Waals surface area contributed by atoms with E-state index in [2.05, 4.69) is 10.3 Å². The number of hydrogen-bond acceptors (Lipinski definition) is 5. The van der Waals surface area contributed by atoms with Crippen LogP contribution in [-0.2, 0) is 20.9 Å². The van der Waals surface area contributed by atoms with Crippen molar-refractivity contribution in [1.29, 1.82) is 0 Å². The van der Waals surface area contributed by atoms with Crippen LogP contribution in [0.4, 0.5) is 14.5 Å². The van der Waals surface area contributed by atoms with Crippen LogP contribution in [-0.4, -0.2) is 27.5 Å². The lowest BCUT2D eigenvalue weighted by molar-refractivity contribution is -0.153. The minimum atomic E-state index is -1.22. The second kappa shape index (κ2) is 7.95. The second-order valence-electron chi connectivity index (χ2n) is 5.94. The molecule has 0 saturated carbocycles. The molecule has 0 unspecified atom stereocenters. The molecule has 0 aliphatic rings. The molecule has 0 spiro atoms.